The van der Waals surface area contributed by atoms with Gasteiger partial charge in [0.2, 0.25) is 0 Å². The summed E-state index contributed by atoms with van der Waals surface area (Å²) in [6.07, 6.45) is 0. The minimum atomic E-state index is -1.31. The first kappa shape index (κ1) is 16.3. The molecule has 0 heterocycles. The molecule has 8 heteroatoms. The molecule has 0 bridgehead atoms. The van der Waals surface area contributed by atoms with E-state index in [0.29, 0.717) is 0 Å². The molecule has 4 nitrogen and oxygen atoms in total. The van der Waals surface area contributed by atoms with Gasteiger partial charge >= 0.3 is 11.9 Å². The Hall–Kier alpha value is -2.06. The first-order chi connectivity index (χ1) is 10.4. The summed E-state index contributed by atoms with van der Waals surface area (Å²) in [4.78, 5) is 22.5. The zero-order valence-corrected chi connectivity index (χ0v) is 12.4. The van der Waals surface area contributed by atoms with Gasteiger partial charge in [-0.05, 0) is 36.4 Å². The number of carboxylic acids is 2. The predicted octanol–water partition coefficient (Wildman–Crippen LogP) is 4.16. The van der Waals surface area contributed by atoms with Crippen LogP contribution in [-0.2, 0) is 0 Å². The monoisotopic (exact) mass is 342 g/mol. The number of carbonyl (C=O) groups is 2. The Morgan fingerprint density at radius 3 is 1.95 bits per heavy atom. The highest BCUT2D eigenvalue weighted by atomic mass is 33.1. The van der Waals surface area contributed by atoms with Crippen LogP contribution in [0.5, 0.6) is 0 Å². The molecule has 0 radical (unpaired) electrons. The zero-order chi connectivity index (χ0) is 16.3. The number of rotatable bonds is 5. The number of hydrogen-bond acceptors (Lipinski definition) is 4. The van der Waals surface area contributed by atoms with Crippen molar-refractivity contribution in [3.8, 4) is 0 Å². The molecule has 0 fully saturated rings. The van der Waals surface area contributed by atoms with E-state index in [1.54, 1.807) is 0 Å². The van der Waals surface area contributed by atoms with Gasteiger partial charge in [-0.15, -0.1) is 0 Å². The van der Waals surface area contributed by atoms with Crippen molar-refractivity contribution < 1.29 is 28.6 Å². The molecular formula is C14H8F2O4S2. The molecule has 0 aliphatic rings. The summed E-state index contributed by atoms with van der Waals surface area (Å²) in [5, 5.41) is 18.1. The fourth-order valence-electron chi connectivity index (χ4n) is 1.57. The van der Waals surface area contributed by atoms with Crippen LogP contribution in [0.3, 0.4) is 0 Å². The van der Waals surface area contributed by atoms with Gasteiger partial charge in [-0.2, -0.15) is 0 Å². The van der Waals surface area contributed by atoms with E-state index in [-0.39, 0.29) is 20.9 Å². The summed E-state index contributed by atoms with van der Waals surface area (Å²) in [5.74, 6) is -3.82. The van der Waals surface area contributed by atoms with E-state index in [2.05, 4.69) is 0 Å². The smallest absolute Gasteiger partial charge is 0.336 e. The van der Waals surface area contributed by atoms with E-state index in [1.807, 2.05) is 0 Å². The van der Waals surface area contributed by atoms with Crippen LogP contribution in [0.1, 0.15) is 20.7 Å². The summed E-state index contributed by atoms with van der Waals surface area (Å²) >= 11 is 0. The van der Waals surface area contributed by atoms with Crippen LogP contribution in [-0.4, -0.2) is 22.2 Å². The molecule has 0 aliphatic carbocycles. The molecule has 0 amide bonds. The molecule has 0 atom stereocenters. The van der Waals surface area contributed by atoms with Crippen molar-refractivity contribution in [1.29, 1.82) is 0 Å². The Labute approximate surface area is 131 Å². The van der Waals surface area contributed by atoms with E-state index in [9.17, 15) is 18.4 Å². The lowest BCUT2D eigenvalue weighted by atomic mass is 10.2. The minimum Gasteiger partial charge on any atom is -0.478 e. The average Bonchev–Trinajstić information content (AvgIpc) is 2.45. The molecule has 114 valence electrons. The number of carboxylic acid groups (broad SMARTS) is 2. The average molecular weight is 342 g/mol. The zero-order valence-electron chi connectivity index (χ0n) is 10.7. The van der Waals surface area contributed by atoms with Gasteiger partial charge in [-0.1, -0.05) is 21.6 Å². The van der Waals surface area contributed by atoms with E-state index in [4.69, 9.17) is 10.2 Å². The van der Waals surface area contributed by atoms with Crippen LogP contribution in [0.2, 0.25) is 0 Å². The second-order valence-corrected chi connectivity index (χ2v) is 6.27. The Morgan fingerprint density at radius 2 is 1.32 bits per heavy atom. The number of halogens is 2. The summed E-state index contributed by atoms with van der Waals surface area (Å²) in [6, 6.07) is 6.44. The molecule has 0 spiro atoms. The molecular weight excluding hydrogens is 334 g/mol. The van der Waals surface area contributed by atoms with E-state index >= 15 is 0 Å². The maximum Gasteiger partial charge on any atom is 0.336 e. The Kier molecular flexibility index (Phi) is 5.04. The van der Waals surface area contributed by atoms with Gasteiger partial charge in [-0.25, -0.2) is 18.4 Å². The van der Waals surface area contributed by atoms with Crippen LogP contribution in [0.25, 0.3) is 0 Å². The SMILES string of the molecule is O=C(O)c1ccc(F)cc1SSc1ccc(F)cc1C(=O)O. The third-order valence-electron chi connectivity index (χ3n) is 2.57. The lowest BCUT2D eigenvalue weighted by Crippen LogP contribution is -2.00. The van der Waals surface area contributed by atoms with Crippen LogP contribution in [0, 0.1) is 11.6 Å². The summed E-state index contributed by atoms with van der Waals surface area (Å²) in [6.45, 7) is 0. The first-order valence-electron chi connectivity index (χ1n) is 5.78. The molecule has 2 aromatic rings. The maximum atomic E-state index is 13.2. The Bertz CT molecular complexity index is 750. The van der Waals surface area contributed by atoms with Crippen molar-refractivity contribution in [3.63, 3.8) is 0 Å². The van der Waals surface area contributed by atoms with Crippen molar-refractivity contribution in [2.45, 2.75) is 9.79 Å². The van der Waals surface area contributed by atoms with Gasteiger partial charge in [0, 0.05) is 9.79 Å². The van der Waals surface area contributed by atoms with Crippen molar-refractivity contribution >= 4 is 33.5 Å². The molecule has 2 rings (SSSR count). The lowest BCUT2D eigenvalue weighted by molar-refractivity contribution is 0.0682. The van der Waals surface area contributed by atoms with E-state index in [0.717, 1.165) is 51.9 Å². The summed E-state index contributed by atoms with van der Waals surface area (Å²) < 4.78 is 26.3. The maximum absolute atomic E-state index is 13.2. The van der Waals surface area contributed by atoms with Gasteiger partial charge in [-0.3, -0.25) is 0 Å². The molecule has 0 saturated heterocycles. The van der Waals surface area contributed by atoms with Gasteiger partial charge in [0.15, 0.2) is 0 Å². The third kappa shape index (κ3) is 3.77. The number of hydrogen-bond donors (Lipinski definition) is 2. The van der Waals surface area contributed by atoms with Gasteiger partial charge in [0.05, 0.1) is 11.1 Å². The molecule has 22 heavy (non-hydrogen) atoms. The second-order valence-electron chi connectivity index (χ2n) is 4.06. The topological polar surface area (TPSA) is 74.6 Å². The first-order valence-corrected chi connectivity index (χ1v) is 7.93. The van der Waals surface area contributed by atoms with Gasteiger partial charge in [0.25, 0.3) is 0 Å². The normalized spacial score (nSPS) is 10.5. The predicted molar refractivity (Wildman–Crippen MR) is 78.4 cm³/mol. The number of benzene rings is 2. The summed E-state index contributed by atoms with van der Waals surface area (Å²) in [5.41, 5.74) is -0.344. The third-order valence-corrected chi connectivity index (χ3v) is 5.03. The Balaban J connectivity index is 2.29. The fraction of sp³-hybridized carbons (Fsp3) is 0. The van der Waals surface area contributed by atoms with Gasteiger partial charge in [0.1, 0.15) is 11.6 Å². The van der Waals surface area contributed by atoms with Gasteiger partial charge < -0.3 is 10.2 Å². The largest absolute Gasteiger partial charge is 0.478 e. The highest BCUT2D eigenvalue weighted by molar-refractivity contribution is 8.76. The minimum absolute atomic E-state index is 0.0992. The molecule has 0 aliphatic heterocycles. The van der Waals surface area contributed by atoms with Crippen LogP contribution in [0.4, 0.5) is 8.78 Å². The van der Waals surface area contributed by atoms with Crippen molar-refractivity contribution in [1.82, 2.24) is 0 Å². The van der Waals surface area contributed by atoms with Crippen molar-refractivity contribution in [3.05, 3.63) is 59.2 Å². The van der Waals surface area contributed by atoms with Crippen LogP contribution in [0.15, 0.2) is 46.2 Å². The molecule has 2 N–H and O–H groups in total. The van der Waals surface area contributed by atoms with Crippen molar-refractivity contribution in [2.75, 3.05) is 0 Å². The lowest BCUT2D eigenvalue weighted by Gasteiger charge is -2.07. The molecule has 2 aromatic carbocycles. The Morgan fingerprint density at radius 1 is 0.773 bits per heavy atom. The number of aromatic carboxylic acids is 2. The molecule has 0 aromatic heterocycles. The highest BCUT2D eigenvalue weighted by Gasteiger charge is 2.16. The van der Waals surface area contributed by atoms with Crippen LogP contribution >= 0.6 is 21.6 Å². The van der Waals surface area contributed by atoms with Crippen molar-refractivity contribution in [2.24, 2.45) is 0 Å². The second kappa shape index (κ2) is 6.80. The standard InChI is InChI=1S/C14H8F2O4S2/c15-7-2-4-11(10(5-7)14(19)20)21-22-12-6-8(16)1-3-9(12)13(17)18/h1-6H,(H,17,18)(H,19,20). The highest BCUT2D eigenvalue weighted by Crippen LogP contribution is 2.41. The molecule has 0 unspecified atom stereocenters. The van der Waals surface area contributed by atoms with E-state index in [1.165, 1.54) is 6.07 Å². The molecule has 0 saturated carbocycles. The quantitative estimate of drug-likeness (QED) is 0.795. The fourth-order valence-corrected chi connectivity index (χ4v) is 3.91. The van der Waals surface area contributed by atoms with Crippen LogP contribution < -0.4 is 0 Å². The van der Waals surface area contributed by atoms with E-state index < -0.39 is 23.6 Å². The summed E-state index contributed by atoms with van der Waals surface area (Å²) in [7, 11) is 1.81.